The van der Waals surface area contributed by atoms with Crippen LogP contribution in [0.1, 0.15) is 94.1 Å². The van der Waals surface area contributed by atoms with Gasteiger partial charge in [0.05, 0.1) is 88.3 Å². The van der Waals surface area contributed by atoms with Gasteiger partial charge in [0.2, 0.25) is 76.8 Å². The topological polar surface area (TPSA) is 467 Å². The number of rotatable bonds is 39. The number of fused-ring (bicyclic) bond motifs is 7. The molecule has 2 aliphatic heterocycles. The number of benzene rings is 2. The molecule has 6 aliphatic rings. The van der Waals surface area contributed by atoms with E-state index in [0.29, 0.717) is 21.9 Å². The Hall–Kier alpha value is -12.2. The number of likely N-dealkylation sites (N-methyl/N-ethyl adjacent to an activating group) is 10. The number of hydrogen-bond donors (Lipinski definition) is 6. The van der Waals surface area contributed by atoms with Crippen molar-refractivity contribution in [3.8, 4) is 5.75 Å². The fraction of sp³-hybridized carbons (Fsp3) is 0.535. The Labute approximate surface area is 740 Å². The van der Waals surface area contributed by atoms with Crippen LogP contribution >= 0.6 is 11.3 Å². The minimum atomic E-state index is -2.42. The molecule has 3 heterocycles. The van der Waals surface area contributed by atoms with Crippen LogP contribution in [0, 0.1) is 28.5 Å². The summed E-state index contributed by atoms with van der Waals surface area (Å²) in [4.78, 5) is 245. The van der Waals surface area contributed by atoms with Crippen molar-refractivity contribution in [2.45, 2.75) is 127 Å². The highest BCUT2D eigenvalue weighted by Crippen LogP contribution is 2.73. The molecule has 42 heteroatoms. The third-order valence-electron chi connectivity index (χ3n) is 24.6. The van der Waals surface area contributed by atoms with Crippen molar-refractivity contribution in [2.24, 2.45) is 22.7 Å². The molecule has 1 saturated heterocycles. The predicted molar refractivity (Wildman–Crippen MR) is 450 cm³/mol. The number of aliphatic hydroxyl groups excluding tert-OH is 2. The number of ether oxygens (including phenoxy) is 3. The first-order valence-corrected chi connectivity index (χ1v) is 42.0. The van der Waals surface area contributed by atoms with Crippen LogP contribution in [-0.2, 0) is 109 Å². The molecular formula is C86H109F3N14O24S. The van der Waals surface area contributed by atoms with Gasteiger partial charge in [-0.25, -0.2) is 18.1 Å². The van der Waals surface area contributed by atoms with E-state index in [-0.39, 0.29) is 62.7 Å². The molecule has 38 nitrogen and oxygen atoms in total. The number of Topliss-reactive ketones (excluding diaryl/α,β-unsaturated/α-hetero) is 1. The number of carbonyl (C=O) groups excluding carboxylic acids is 17. The highest BCUT2D eigenvalue weighted by molar-refractivity contribution is 7.10. The molecule has 694 valence electrons. The number of nitrogens with zero attached hydrogens (tertiary/aromatic N) is 11. The summed E-state index contributed by atoms with van der Waals surface area (Å²) in [6, 6.07) is 8.82. The highest BCUT2D eigenvalue weighted by atomic mass is 32.1. The van der Waals surface area contributed by atoms with E-state index in [1.54, 1.807) is 25.1 Å². The number of aliphatic carboxylic acids is 1. The van der Waals surface area contributed by atoms with Gasteiger partial charge in [-0.15, -0.1) is 11.3 Å². The summed E-state index contributed by atoms with van der Waals surface area (Å²) >= 11 is 1.28. The first-order chi connectivity index (χ1) is 60.0. The van der Waals surface area contributed by atoms with Gasteiger partial charge in [-0.2, -0.15) is 0 Å². The van der Waals surface area contributed by atoms with Crippen LogP contribution in [0.25, 0.3) is 0 Å². The van der Waals surface area contributed by atoms with Crippen molar-refractivity contribution in [1.82, 2.24) is 59.6 Å². The van der Waals surface area contributed by atoms with Crippen LogP contribution in [0.15, 0.2) is 83.8 Å². The van der Waals surface area contributed by atoms with Crippen LogP contribution in [-0.4, -0.2) is 361 Å². The first-order valence-electron chi connectivity index (χ1n) is 41.1. The monoisotopic (exact) mass is 1810 g/mol. The number of allylic oxidation sites excluding steroid dienone is 4. The Morgan fingerprint density at radius 1 is 0.609 bits per heavy atom. The van der Waals surface area contributed by atoms with Crippen molar-refractivity contribution in [3.63, 3.8) is 0 Å². The summed E-state index contributed by atoms with van der Waals surface area (Å²) < 4.78 is 69.7. The maximum absolute atomic E-state index is 18.0. The van der Waals surface area contributed by atoms with Crippen molar-refractivity contribution >= 4 is 129 Å². The Kier molecular flexibility index (Phi) is 32.1. The minimum Gasteiger partial charge on any atom is -0.490 e. The molecule has 0 unspecified atom stereocenters. The summed E-state index contributed by atoms with van der Waals surface area (Å²) in [6.07, 6.45) is -1.24. The van der Waals surface area contributed by atoms with E-state index in [1.165, 1.54) is 121 Å². The summed E-state index contributed by atoms with van der Waals surface area (Å²) in [5, 5.41) is 41.1. The van der Waals surface area contributed by atoms with Crippen LogP contribution < -0.4 is 25.6 Å². The average Bonchev–Trinajstić information content (AvgIpc) is 1.55. The van der Waals surface area contributed by atoms with E-state index in [0.717, 1.165) is 84.4 Å². The Bertz CT molecular complexity index is 4990. The summed E-state index contributed by atoms with van der Waals surface area (Å²) in [7, 11) is 12.8. The number of ketones is 2. The first kappa shape index (κ1) is 99.6. The molecule has 2 aromatic carbocycles. The number of imide groups is 1. The van der Waals surface area contributed by atoms with E-state index < -0.39 is 266 Å². The fourth-order valence-corrected chi connectivity index (χ4v) is 17.8. The molecule has 3 aromatic rings. The lowest BCUT2D eigenvalue weighted by molar-refractivity contribution is -0.234. The lowest BCUT2D eigenvalue weighted by Crippen LogP contribution is -2.70. The molecule has 9 rings (SSSR count). The van der Waals surface area contributed by atoms with Crippen molar-refractivity contribution < 1.29 is 129 Å². The molecule has 0 spiro atoms. The largest absolute Gasteiger partial charge is 0.490 e. The molecule has 0 radical (unpaired) electrons. The smallest absolute Gasteiger partial charge is 0.323 e. The lowest BCUT2D eigenvalue weighted by Gasteiger charge is -2.63. The summed E-state index contributed by atoms with van der Waals surface area (Å²) in [5.41, 5.74) is -5.76. The van der Waals surface area contributed by atoms with Crippen LogP contribution in [0.2, 0.25) is 0 Å². The molecule has 12 atom stereocenters. The van der Waals surface area contributed by atoms with Gasteiger partial charge in [-0.1, -0.05) is 31.2 Å². The molecule has 15 amide bonds. The van der Waals surface area contributed by atoms with Crippen molar-refractivity contribution in [3.05, 3.63) is 111 Å². The minimum absolute atomic E-state index is 0.0417. The van der Waals surface area contributed by atoms with Gasteiger partial charge in [-0.3, -0.25) is 86.3 Å². The molecule has 4 fully saturated rings. The van der Waals surface area contributed by atoms with Crippen LogP contribution in [0.3, 0.4) is 0 Å². The van der Waals surface area contributed by atoms with Gasteiger partial charge in [0, 0.05) is 118 Å². The number of alkyl halides is 2. The van der Waals surface area contributed by atoms with E-state index in [2.05, 4.69) is 16.0 Å². The number of amides is 15. The van der Waals surface area contributed by atoms with Crippen LogP contribution in [0.5, 0.6) is 5.75 Å². The number of carboxylic acid groups (broad SMARTS) is 1. The Balaban J connectivity index is 0.681. The van der Waals surface area contributed by atoms with Gasteiger partial charge >= 0.3 is 5.97 Å². The Morgan fingerprint density at radius 2 is 1.09 bits per heavy atom. The third-order valence-corrected chi connectivity index (χ3v) is 25.6. The van der Waals surface area contributed by atoms with Gasteiger partial charge in [0.25, 0.3) is 11.8 Å². The van der Waals surface area contributed by atoms with Gasteiger partial charge in [0.15, 0.2) is 40.7 Å². The number of anilines is 2. The standard InChI is InChI=1S/C86H109F3N14O24S/c1-48(80(123)91-49(2)81(124)92-53-18-15-17-50(30-53)29-51-31-60(128-47-51)82-126-63-34-55-56-33-58(87)57-32-54(105)26-27-83(57,3)85(56,89)61(106)35-84(55,4)86(63,127-82)62(107)46-104)90-64(108)23-21-52-20-22-59(103-66(110)24-25-67(103)111)78(88)79(52)125-28-16-19-65(109)93(5)36-68(112)94(6)37-69(113)95(7)38-70(114)96(8)39-71(115)97(9)40-72(116)98(10)41-73(117)99(11)42-74(118)100(12)43-75(119)101(13)44-76(120)102(14)45-77(121)122/h15,17-18,20,22,24-27,30-32,47-49,55-56,58,61,63,82,104,106H,16,19,21,23,28-29,33-46H2,1-14H3,(H,90,108)(H,91,123)(H,92,124)(H,121,122)/t48-,49-,55-,56-,58-,61-,63+,82+,83-,84-,85-,86+/m0/s1. The van der Waals surface area contributed by atoms with Gasteiger partial charge in [0.1, 0.15) is 31.4 Å². The third kappa shape index (κ3) is 22.0. The van der Waals surface area contributed by atoms with Gasteiger partial charge in [-0.05, 0) is 129 Å². The highest BCUT2D eigenvalue weighted by Gasteiger charge is 2.80. The molecule has 6 N–H and O–H groups in total. The van der Waals surface area contributed by atoms with E-state index in [1.807, 2.05) is 17.5 Å². The number of aryl methyl sites for hydroxylation is 1. The van der Waals surface area contributed by atoms with E-state index >= 15 is 13.2 Å². The lowest BCUT2D eigenvalue weighted by atomic mass is 9.44. The molecule has 3 saturated carbocycles. The van der Waals surface area contributed by atoms with Crippen LogP contribution in [0.4, 0.5) is 24.5 Å². The second kappa shape index (κ2) is 41.3. The molecule has 128 heavy (non-hydrogen) atoms. The quantitative estimate of drug-likeness (QED) is 0.0322. The number of carboxylic acids is 1. The summed E-state index contributed by atoms with van der Waals surface area (Å²) in [5.74, 6) is -16.4. The maximum Gasteiger partial charge on any atom is 0.323 e. The predicted octanol–water partition coefficient (Wildman–Crippen LogP) is -0.0414. The maximum atomic E-state index is 18.0. The zero-order valence-corrected chi connectivity index (χ0v) is 74.5. The second-order valence-corrected chi connectivity index (χ2v) is 34.7. The Morgan fingerprint density at radius 3 is 1.59 bits per heavy atom. The number of halogens is 3. The number of nitrogens with one attached hydrogen (secondary N) is 3. The summed E-state index contributed by atoms with van der Waals surface area (Å²) in [6.45, 7) is -0.569. The van der Waals surface area contributed by atoms with E-state index in [4.69, 9.17) is 19.3 Å². The number of thiophene rings is 1. The molecule has 1 aromatic heterocycles. The zero-order valence-electron chi connectivity index (χ0n) is 73.6. The van der Waals surface area contributed by atoms with Gasteiger partial charge < -0.3 is 94.5 Å². The van der Waals surface area contributed by atoms with E-state index in [9.17, 15) is 96.5 Å². The molecular weight excluding hydrogens is 1700 g/mol. The molecule has 0 bridgehead atoms. The average molecular weight is 1810 g/mol. The normalized spacial score (nSPS) is 22.7. The molecule has 4 aliphatic carbocycles. The van der Waals surface area contributed by atoms with Crippen molar-refractivity contribution in [2.75, 3.05) is 159 Å². The number of hydrogen-bond acceptors (Lipinski definition) is 24. The SMILES string of the molecule is C[C@H](NC(=O)CCc1ccc(N2C(=O)C=CC2=O)c(F)c1OCCCC(=O)N(C)CC(=O)N(C)CC(=O)N(C)CC(=O)N(C)CC(=O)N(C)CC(=O)N(C)CC(=O)N(C)CC(=O)N(C)CC(=O)N(C)CC(=O)N(C)CC(=O)O)C(=O)N[C@@H](C)C(=O)Nc1cccc(Cc2csc([C@@H]3O[C@@H]4C[C@H]5[C@@H]6C[C@H](F)C7=CC(=O)C=C[C@]7(C)[C@@]6(F)[C@@H](O)C[C@]5(C)[C@]4(C(=O)CO)O3)c2)c1. The zero-order chi connectivity index (χ0) is 94.8. The number of carbonyl (C=O) groups is 18. The fourth-order valence-electron chi connectivity index (χ4n) is 16.9. The number of aliphatic hydroxyl groups is 2. The second-order valence-electron chi connectivity index (χ2n) is 33.8. The van der Waals surface area contributed by atoms with Crippen molar-refractivity contribution in [1.29, 1.82) is 0 Å².